The van der Waals surface area contributed by atoms with Gasteiger partial charge >= 0.3 is 7.12 Å². The van der Waals surface area contributed by atoms with Gasteiger partial charge < -0.3 is 9.31 Å². The van der Waals surface area contributed by atoms with Crippen molar-refractivity contribution in [2.24, 2.45) is 0 Å². The summed E-state index contributed by atoms with van der Waals surface area (Å²) >= 11 is 0. The Kier molecular flexibility index (Phi) is 9.99. The largest absolute Gasteiger partial charge is 0.489 e. The molecule has 110 valence electrons. The summed E-state index contributed by atoms with van der Waals surface area (Å²) in [6.45, 7) is 16.4. The fraction of sp³-hybridized carbons (Fsp3) is 0.750. The van der Waals surface area contributed by atoms with Crippen LogP contribution in [0.4, 0.5) is 0 Å². The highest BCUT2D eigenvalue weighted by atomic mass is 16.6. The molecular formula is C16H31BO2. The van der Waals surface area contributed by atoms with Gasteiger partial charge in [0.15, 0.2) is 0 Å². The van der Waals surface area contributed by atoms with Crippen LogP contribution in [-0.4, -0.2) is 19.3 Å². The molecule has 0 saturated carbocycles. The van der Waals surface area contributed by atoms with Crippen LogP contribution in [0.2, 0.25) is 0 Å². The van der Waals surface area contributed by atoms with Gasteiger partial charge in [0.25, 0.3) is 0 Å². The van der Waals surface area contributed by atoms with Crippen LogP contribution in [0.1, 0.15) is 67.2 Å². The van der Waals surface area contributed by atoms with Crippen LogP contribution in [0, 0.1) is 0 Å². The van der Waals surface area contributed by atoms with E-state index in [0.29, 0.717) is 0 Å². The van der Waals surface area contributed by atoms with Crippen LogP contribution < -0.4 is 0 Å². The fourth-order valence-corrected chi connectivity index (χ4v) is 1.79. The molecule has 0 atom stereocenters. The Labute approximate surface area is 120 Å². The maximum absolute atomic E-state index is 5.92. The fourth-order valence-electron chi connectivity index (χ4n) is 1.79. The first-order valence-corrected chi connectivity index (χ1v) is 7.51. The van der Waals surface area contributed by atoms with Crippen LogP contribution in [0.25, 0.3) is 0 Å². The van der Waals surface area contributed by atoms with Crippen molar-refractivity contribution in [3.8, 4) is 0 Å². The molecule has 0 amide bonds. The monoisotopic (exact) mass is 266 g/mol. The third kappa shape index (κ3) is 9.97. The molecule has 0 unspecified atom stereocenters. The Hall–Kier alpha value is -0.535. The van der Waals surface area contributed by atoms with E-state index in [2.05, 4.69) is 26.5 Å². The van der Waals surface area contributed by atoms with Gasteiger partial charge in [0.05, 0.1) is 0 Å². The molecule has 0 spiro atoms. The Morgan fingerprint density at radius 3 is 2.05 bits per heavy atom. The topological polar surface area (TPSA) is 18.5 Å². The second-order valence-electron chi connectivity index (χ2n) is 5.76. The van der Waals surface area contributed by atoms with Gasteiger partial charge in [-0.2, -0.15) is 0 Å². The molecule has 0 aromatic rings. The Morgan fingerprint density at radius 1 is 1.16 bits per heavy atom. The van der Waals surface area contributed by atoms with Gasteiger partial charge in [-0.05, 0) is 52.9 Å². The first-order chi connectivity index (χ1) is 8.86. The van der Waals surface area contributed by atoms with Crippen LogP contribution in [0.5, 0.6) is 0 Å². The standard InChI is InChI=1S/C16H31BO2/c1-8-9-10-11-16(12-13(2)3)17(18-14(4)5)19-15(6)7/h11,14-15H,2,8-10,12H2,1,3-7H3/b16-11-. The van der Waals surface area contributed by atoms with E-state index in [0.717, 1.165) is 18.4 Å². The van der Waals surface area contributed by atoms with Gasteiger partial charge in [-0.15, -0.1) is 0 Å². The molecule has 19 heavy (non-hydrogen) atoms. The van der Waals surface area contributed by atoms with E-state index in [-0.39, 0.29) is 19.3 Å². The third-order valence-electron chi connectivity index (χ3n) is 2.56. The number of hydrogen-bond donors (Lipinski definition) is 0. The Morgan fingerprint density at radius 2 is 1.68 bits per heavy atom. The number of unbranched alkanes of at least 4 members (excludes halogenated alkanes) is 2. The second-order valence-corrected chi connectivity index (χ2v) is 5.76. The van der Waals surface area contributed by atoms with Crippen LogP contribution >= 0.6 is 0 Å². The molecule has 0 bridgehead atoms. The lowest BCUT2D eigenvalue weighted by atomic mass is 9.73. The zero-order valence-electron chi connectivity index (χ0n) is 13.7. The summed E-state index contributed by atoms with van der Waals surface area (Å²) in [4.78, 5) is 0. The molecule has 0 radical (unpaired) electrons. The lowest BCUT2D eigenvalue weighted by Gasteiger charge is -2.22. The summed E-state index contributed by atoms with van der Waals surface area (Å²) in [7, 11) is -0.242. The highest BCUT2D eigenvalue weighted by Gasteiger charge is 2.26. The number of allylic oxidation sites excluding steroid dienone is 3. The van der Waals surface area contributed by atoms with Crippen molar-refractivity contribution >= 4 is 7.12 Å². The maximum atomic E-state index is 5.92. The van der Waals surface area contributed by atoms with Gasteiger partial charge in [0.1, 0.15) is 0 Å². The quantitative estimate of drug-likeness (QED) is 0.316. The molecule has 2 nitrogen and oxygen atoms in total. The van der Waals surface area contributed by atoms with Crippen molar-refractivity contribution in [2.75, 3.05) is 0 Å². The summed E-state index contributed by atoms with van der Waals surface area (Å²) < 4.78 is 11.8. The molecule has 0 rings (SSSR count). The summed E-state index contributed by atoms with van der Waals surface area (Å²) in [6, 6.07) is 0. The molecule has 0 heterocycles. The average molecular weight is 266 g/mol. The smallest absolute Gasteiger partial charge is 0.405 e. The predicted octanol–water partition coefficient (Wildman–Crippen LogP) is 4.95. The molecule has 0 aromatic heterocycles. The zero-order valence-corrected chi connectivity index (χ0v) is 13.7. The lowest BCUT2D eigenvalue weighted by Crippen LogP contribution is -2.32. The minimum atomic E-state index is -0.242. The van der Waals surface area contributed by atoms with Crippen molar-refractivity contribution in [1.82, 2.24) is 0 Å². The van der Waals surface area contributed by atoms with Crippen molar-refractivity contribution in [3.63, 3.8) is 0 Å². The van der Waals surface area contributed by atoms with Gasteiger partial charge in [0.2, 0.25) is 0 Å². The molecule has 3 heteroatoms. The first-order valence-electron chi connectivity index (χ1n) is 7.51. The highest BCUT2D eigenvalue weighted by Crippen LogP contribution is 2.18. The van der Waals surface area contributed by atoms with E-state index in [4.69, 9.17) is 9.31 Å². The van der Waals surface area contributed by atoms with Crippen molar-refractivity contribution in [2.45, 2.75) is 79.4 Å². The van der Waals surface area contributed by atoms with E-state index in [1.54, 1.807) is 0 Å². The van der Waals surface area contributed by atoms with E-state index in [1.165, 1.54) is 18.3 Å². The van der Waals surface area contributed by atoms with Gasteiger partial charge in [-0.25, -0.2) is 0 Å². The van der Waals surface area contributed by atoms with Crippen molar-refractivity contribution < 1.29 is 9.31 Å². The normalized spacial score (nSPS) is 12.3. The lowest BCUT2D eigenvalue weighted by molar-refractivity contribution is 0.135. The average Bonchev–Trinajstić information content (AvgIpc) is 2.25. The molecule has 0 fully saturated rings. The molecule has 0 N–H and O–H groups in total. The third-order valence-corrected chi connectivity index (χ3v) is 2.56. The summed E-state index contributed by atoms with van der Waals surface area (Å²) in [5.74, 6) is 0. The highest BCUT2D eigenvalue weighted by molar-refractivity contribution is 6.53. The van der Waals surface area contributed by atoms with Gasteiger partial charge in [-0.1, -0.05) is 38.0 Å². The molecule has 0 saturated heterocycles. The van der Waals surface area contributed by atoms with E-state index in [1.807, 2.05) is 27.7 Å². The molecular weight excluding hydrogens is 235 g/mol. The van der Waals surface area contributed by atoms with Crippen LogP contribution in [-0.2, 0) is 9.31 Å². The van der Waals surface area contributed by atoms with Gasteiger partial charge in [0, 0.05) is 12.2 Å². The SMILES string of the molecule is C=C(C)C/C(=C/CCCC)B(OC(C)C)OC(C)C. The summed E-state index contributed by atoms with van der Waals surface area (Å²) in [5, 5.41) is 0. The molecule has 0 aliphatic heterocycles. The minimum Gasteiger partial charge on any atom is -0.405 e. The van der Waals surface area contributed by atoms with E-state index in [9.17, 15) is 0 Å². The van der Waals surface area contributed by atoms with Crippen molar-refractivity contribution in [3.05, 3.63) is 23.7 Å². The maximum Gasteiger partial charge on any atom is 0.489 e. The predicted molar refractivity (Wildman–Crippen MR) is 85.2 cm³/mol. The first kappa shape index (κ1) is 18.5. The Balaban J connectivity index is 4.87. The Bertz CT molecular complexity index is 272. The van der Waals surface area contributed by atoms with Gasteiger partial charge in [-0.3, -0.25) is 0 Å². The molecule has 0 aliphatic rings. The van der Waals surface area contributed by atoms with Crippen molar-refractivity contribution in [1.29, 1.82) is 0 Å². The van der Waals surface area contributed by atoms with E-state index >= 15 is 0 Å². The second kappa shape index (κ2) is 10.3. The summed E-state index contributed by atoms with van der Waals surface area (Å²) in [6.07, 6.45) is 6.93. The van der Waals surface area contributed by atoms with E-state index < -0.39 is 0 Å². The molecule has 0 aromatic carbocycles. The number of hydrogen-bond acceptors (Lipinski definition) is 2. The number of rotatable bonds is 10. The van der Waals surface area contributed by atoms with Crippen LogP contribution in [0.15, 0.2) is 23.7 Å². The van der Waals surface area contributed by atoms with Crippen LogP contribution in [0.3, 0.4) is 0 Å². The summed E-state index contributed by atoms with van der Waals surface area (Å²) in [5.41, 5.74) is 2.36. The molecule has 0 aliphatic carbocycles. The zero-order chi connectivity index (χ0) is 14.8. The minimum absolute atomic E-state index is 0.156.